The monoisotopic (exact) mass is 369 g/mol. The third-order valence-electron chi connectivity index (χ3n) is 3.98. The van der Waals surface area contributed by atoms with Crippen LogP contribution in [0.25, 0.3) is 23.1 Å². The van der Waals surface area contributed by atoms with Crippen molar-refractivity contribution >= 4 is 40.3 Å². The number of ether oxygens (including phenoxy) is 2. The molecule has 26 heavy (non-hydrogen) atoms. The highest BCUT2D eigenvalue weighted by atomic mass is 35.5. The maximum absolute atomic E-state index is 6.35. The van der Waals surface area contributed by atoms with Crippen LogP contribution in [0.1, 0.15) is 11.4 Å². The van der Waals surface area contributed by atoms with Gasteiger partial charge in [-0.2, -0.15) is 0 Å². The van der Waals surface area contributed by atoms with Crippen LogP contribution in [0.15, 0.2) is 36.4 Å². The SMILES string of the molecule is COc1cc2nc(/C=C/c3cccc(N(C)C)c3)nc(Cl)c2cc1OC. The normalized spacial score (nSPS) is 11.1. The lowest BCUT2D eigenvalue weighted by Gasteiger charge is -2.12. The Morgan fingerprint density at radius 3 is 2.38 bits per heavy atom. The number of benzene rings is 2. The van der Waals surface area contributed by atoms with Gasteiger partial charge in [-0.25, -0.2) is 9.97 Å². The summed E-state index contributed by atoms with van der Waals surface area (Å²) in [5.74, 6) is 1.72. The molecule has 0 bridgehead atoms. The summed E-state index contributed by atoms with van der Waals surface area (Å²) in [6.07, 6.45) is 3.81. The summed E-state index contributed by atoms with van der Waals surface area (Å²) in [5, 5.41) is 1.09. The summed E-state index contributed by atoms with van der Waals surface area (Å²) in [5.41, 5.74) is 2.88. The fraction of sp³-hybridized carbons (Fsp3) is 0.200. The first-order chi connectivity index (χ1) is 12.5. The van der Waals surface area contributed by atoms with Crippen LogP contribution in [0.5, 0.6) is 11.5 Å². The summed E-state index contributed by atoms with van der Waals surface area (Å²) < 4.78 is 10.6. The number of hydrogen-bond donors (Lipinski definition) is 0. The van der Waals surface area contributed by atoms with Crippen LogP contribution in [-0.2, 0) is 0 Å². The first-order valence-corrected chi connectivity index (χ1v) is 8.44. The standard InChI is InChI=1S/C20H20ClN3O2/c1-24(2)14-7-5-6-13(10-14)8-9-19-22-16-12-18(26-4)17(25-3)11-15(16)20(21)23-19/h5-12H,1-4H3/b9-8+. The van der Waals surface area contributed by atoms with Gasteiger partial charge in [0.1, 0.15) is 5.15 Å². The van der Waals surface area contributed by atoms with E-state index in [1.165, 1.54) is 0 Å². The number of hydrogen-bond acceptors (Lipinski definition) is 5. The number of aromatic nitrogens is 2. The second-order valence-corrected chi connectivity index (χ2v) is 6.28. The quantitative estimate of drug-likeness (QED) is 0.618. The van der Waals surface area contributed by atoms with Crippen LogP contribution in [0.4, 0.5) is 5.69 Å². The first-order valence-electron chi connectivity index (χ1n) is 8.06. The number of anilines is 1. The predicted molar refractivity (Wildman–Crippen MR) is 107 cm³/mol. The van der Waals surface area contributed by atoms with Gasteiger partial charge in [-0.1, -0.05) is 29.8 Å². The zero-order chi connectivity index (χ0) is 18.7. The van der Waals surface area contributed by atoms with Crippen LogP contribution in [0.3, 0.4) is 0 Å². The largest absolute Gasteiger partial charge is 0.493 e. The van der Waals surface area contributed by atoms with Crippen LogP contribution in [0.2, 0.25) is 5.15 Å². The van der Waals surface area contributed by atoms with E-state index in [1.807, 2.05) is 38.4 Å². The molecule has 5 nitrogen and oxygen atoms in total. The molecule has 3 aromatic rings. The van der Waals surface area contributed by atoms with Crippen LogP contribution >= 0.6 is 11.6 Å². The van der Waals surface area contributed by atoms with Gasteiger partial charge in [0.05, 0.1) is 19.7 Å². The highest BCUT2D eigenvalue weighted by Crippen LogP contribution is 2.34. The van der Waals surface area contributed by atoms with E-state index in [0.717, 1.165) is 16.6 Å². The van der Waals surface area contributed by atoms with Crippen molar-refractivity contribution in [3.8, 4) is 11.5 Å². The van der Waals surface area contributed by atoms with Crippen LogP contribution in [-0.4, -0.2) is 38.3 Å². The summed E-state index contributed by atoms with van der Waals surface area (Å²) in [6.45, 7) is 0. The molecule has 2 aromatic carbocycles. The Hall–Kier alpha value is -2.79. The molecular weight excluding hydrogens is 350 g/mol. The third kappa shape index (κ3) is 3.73. The number of rotatable bonds is 5. The summed E-state index contributed by atoms with van der Waals surface area (Å²) >= 11 is 6.35. The second-order valence-electron chi connectivity index (χ2n) is 5.92. The van der Waals surface area contributed by atoms with E-state index in [9.17, 15) is 0 Å². The molecule has 0 amide bonds. The summed E-state index contributed by atoms with van der Waals surface area (Å²) in [7, 11) is 7.19. The molecule has 0 saturated heterocycles. The zero-order valence-corrected chi connectivity index (χ0v) is 15.9. The lowest BCUT2D eigenvalue weighted by atomic mass is 10.1. The Balaban J connectivity index is 1.99. The number of fused-ring (bicyclic) bond motifs is 1. The Bertz CT molecular complexity index is 971. The van der Waals surface area contributed by atoms with Gasteiger partial charge in [-0.15, -0.1) is 0 Å². The van der Waals surface area contributed by atoms with E-state index >= 15 is 0 Å². The number of methoxy groups -OCH3 is 2. The maximum Gasteiger partial charge on any atom is 0.162 e. The molecule has 0 N–H and O–H groups in total. The van der Waals surface area contributed by atoms with Crippen molar-refractivity contribution in [2.75, 3.05) is 33.2 Å². The Morgan fingerprint density at radius 1 is 0.962 bits per heavy atom. The predicted octanol–water partition coefficient (Wildman–Crippen LogP) is 4.54. The fourth-order valence-corrected chi connectivity index (χ4v) is 2.83. The number of halogens is 1. The Kier molecular flexibility index (Phi) is 5.28. The molecule has 6 heteroatoms. The summed E-state index contributed by atoms with van der Waals surface area (Å²) in [6, 6.07) is 11.8. The molecular formula is C20H20ClN3O2. The molecule has 0 radical (unpaired) electrons. The van der Waals surface area contributed by atoms with Gasteiger partial charge in [-0.3, -0.25) is 0 Å². The van der Waals surface area contributed by atoms with E-state index in [-0.39, 0.29) is 0 Å². The molecule has 0 spiro atoms. The van der Waals surface area contributed by atoms with Gasteiger partial charge < -0.3 is 14.4 Å². The second kappa shape index (κ2) is 7.62. The Morgan fingerprint density at radius 2 is 1.69 bits per heavy atom. The minimum Gasteiger partial charge on any atom is -0.493 e. The lowest BCUT2D eigenvalue weighted by Crippen LogP contribution is -2.08. The molecule has 0 fully saturated rings. The molecule has 3 rings (SSSR count). The van der Waals surface area contributed by atoms with Crippen molar-refractivity contribution in [1.82, 2.24) is 9.97 Å². The van der Waals surface area contributed by atoms with Crippen molar-refractivity contribution in [3.05, 3.63) is 52.9 Å². The highest BCUT2D eigenvalue weighted by Gasteiger charge is 2.11. The van der Waals surface area contributed by atoms with Gasteiger partial charge in [0.25, 0.3) is 0 Å². The molecule has 0 atom stereocenters. The smallest absolute Gasteiger partial charge is 0.162 e. The topological polar surface area (TPSA) is 47.5 Å². The van der Waals surface area contributed by atoms with E-state index in [1.54, 1.807) is 26.4 Å². The minimum atomic E-state index is 0.373. The van der Waals surface area contributed by atoms with Gasteiger partial charge in [0, 0.05) is 31.2 Å². The van der Waals surface area contributed by atoms with E-state index in [2.05, 4.69) is 27.0 Å². The van der Waals surface area contributed by atoms with E-state index in [0.29, 0.717) is 28.0 Å². The molecule has 0 aliphatic rings. The molecule has 1 heterocycles. The van der Waals surface area contributed by atoms with E-state index < -0.39 is 0 Å². The van der Waals surface area contributed by atoms with Crippen molar-refractivity contribution < 1.29 is 9.47 Å². The first kappa shape index (κ1) is 18.0. The van der Waals surface area contributed by atoms with Crippen LogP contribution < -0.4 is 14.4 Å². The minimum absolute atomic E-state index is 0.373. The molecule has 0 unspecified atom stereocenters. The van der Waals surface area contributed by atoms with Gasteiger partial charge in [-0.05, 0) is 29.8 Å². The van der Waals surface area contributed by atoms with Gasteiger partial charge in [0.2, 0.25) is 0 Å². The average Bonchev–Trinajstić information content (AvgIpc) is 2.65. The van der Waals surface area contributed by atoms with Crippen molar-refractivity contribution in [1.29, 1.82) is 0 Å². The summed E-state index contributed by atoms with van der Waals surface area (Å²) in [4.78, 5) is 11.0. The van der Waals surface area contributed by atoms with Crippen LogP contribution in [0, 0.1) is 0 Å². The zero-order valence-electron chi connectivity index (χ0n) is 15.2. The van der Waals surface area contributed by atoms with Gasteiger partial charge >= 0.3 is 0 Å². The van der Waals surface area contributed by atoms with Crippen molar-refractivity contribution in [2.24, 2.45) is 0 Å². The highest BCUT2D eigenvalue weighted by molar-refractivity contribution is 6.34. The molecule has 0 saturated carbocycles. The average molecular weight is 370 g/mol. The fourth-order valence-electron chi connectivity index (χ4n) is 2.59. The third-order valence-corrected chi connectivity index (χ3v) is 4.27. The number of nitrogens with zero attached hydrogens (tertiary/aromatic N) is 3. The molecule has 0 aliphatic carbocycles. The Labute approximate surface area is 157 Å². The maximum atomic E-state index is 6.35. The molecule has 1 aromatic heterocycles. The van der Waals surface area contributed by atoms with E-state index in [4.69, 9.17) is 21.1 Å². The molecule has 0 aliphatic heterocycles. The van der Waals surface area contributed by atoms with Gasteiger partial charge in [0.15, 0.2) is 17.3 Å². The molecule has 134 valence electrons. The van der Waals surface area contributed by atoms with Crippen molar-refractivity contribution in [3.63, 3.8) is 0 Å². The lowest BCUT2D eigenvalue weighted by molar-refractivity contribution is 0.356. The van der Waals surface area contributed by atoms with Crippen molar-refractivity contribution in [2.45, 2.75) is 0 Å².